The Balaban J connectivity index is 2.42. The Morgan fingerprint density at radius 1 is 0.625 bits per heavy atom. The summed E-state index contributed by atoms with van der Waals surface area (Å²) in [6.45, 7) is 1.07. The first-order valence-corrected chi connectivity index (χ1v) is 21.5. The van der Waals surface area contributed by atoms with Gasteiger partial charge in [-0.25, -0.2) is 4.79 Å². The smallest absolute Gasteiger partial charge is 0.328 e. The van der Waals surface area contributed by atoms with Gasteiger partial charge >= 0.3 is 5.97 Å². The number of hydrogen-bond acceptors (Lipinski definition) is 14. The van der Waals surface area contributed by atoms with E-state index in [4.69, 9.17) is 28.7 Å². The molecule has 0 bridgehead atoms. The van der Waals surface area contributed by atoms with Crippen LogP contribution in [0.2, 0.25) is 0 Å². The van der Waals surface area contributed by atoms with Crippen molar-refractivity contribution in [3.63, 3.8) is 0 Å². The molecule has 23 heteroatoms. The minimum atomic E-state index is -1.75. The number of hydrogen-bond donors (Lipinski definition) is 15. The number of aliphatic hydroxyl groups is 2. The van der Waals surface area contributed by atoms with E-state index < -0.39 is 109 Å². The van der Waals surface area contributed by atoms with Crippen LogP contribution in [0.15, 0.2) is 30.5 Å². The summed E-state index contributed by atoms with van der Waals surface area (Å²) in [4.78, 5) is 109. The highest BCUT2D eigenvalue weighted by Crippen LogP contribution is 2.20. The molecule has 0 aliphatic carbocycles. The Bertz CT molecular complexity index is 1840. The number of H-pyrrole nitrogens is 1. The monoisotopic (exact) mass is 905 g/mol. The summed E-state index contributed by atoms with van der Waals surface area (Å²) in [5.41, 5.74) is 30.0. The molecule has 20 N–H and O–H groups in total. The number of aliphatic hydroxyl groups excluding tert-OH is 2. The number of carbonyl (C=O) groups excluding carboxylic acids is 7. The van der Waals surface area contributed by atoms with Gasteiger partial charge in [0.1, 0.15) is 36.3 Å². The number of amides is 7. The number of carbonyl (C=O) groups is 8. The Morgan fingerprint density at radius 2 is 1.09 bits per heavy atom. The number of unbranched alkanes of at least 4 members (excludes halogenated alkanes) is 3. The zero-order chi connectivity index (χ0) is 47.8. The highest BCUT2D eigenvalue weighted by atomic mass is 16.4. The van der Waals surface area contributed by atoms with Crippen LogP contribution >= 0.6 is 0 Å². The molecular formula is C41H68N12O11. The molecule has 8 atom stereocenters. The van der Waals surface area contributed by atoms with Gasteiger partial charge in [0.25, 0.3) is 0 Å². The van der Waals surface area contributed by atoms with Gasteiger partial charge in [-0.05, 0) is 96.0 Å². The van der Waals surface area contributed by atoms with Crippen molar-refractivity contribution in [2.45, 2.75) is 132 Å². The number of fused-ring (bicyclic) bond motifs is 1. The summed E-state index contributed by atoms with van der Waals surface area (Å²) in [5.74, 6) is -7.64. The van der Waals surface area contributed by atoms with Gasteiger partial charge in [0, 0.05) is 29.9 Å². The molecule has 0 spiro atoms. The minimum Gasteiger partial charge on any atom is -0.480 e. The molecule has 1 aromatic carbocycles. The van der Waals surface area contributed by atoms with Crippen LogP contribution in [0.25, 0.3) is 10.9 Å². The predicted octanol–water partition coefficient (Wildman–Crippen LogP) is -3.94. The maximum absolute atomic E-state index is 14.2. The average molecular weight is 905 g/mol. The van der Waals surface area contributed by atoms with Crippen LogP contribution in [-0.4, -0.2) is 142 Å². The number of primary amides is 1. The third-order valence-corrected chi connectivity index (χ3v) is 10.4. The van der Waals surface area contributed by atoms with Gasteiger partial charge in [-0.2, -0.15) is 0 Å². The van der Waals surface area contributed by atoms with Crippen LogP contribution in [0.4, 0.5) is 0 Å². The molecule has 23 nitrogen and oxygen atoms in total. The van der Waals surface area contributed by atoms with Crippen molar-refractivity contribution in [3.05, 3.63) is 36.0 Å². The van der Waals surface area contributed by atoms with E-state index in [1.807, 2.05) is 29.6 Å². The Morgan fingerprint density at radius 3 is 1.59 bits per heavy atom. The van der Waals surface area contributed by atoms with E-state index in [9.17, 15) is 53.7 Å². The summed E-state index contributed by atoms with van der Waals surface area (Å²) >= 11 is 0. The third kappa shape index (κ3) is 18.6. The SMILES string of the molecule is C[C@@H](O)[C@H](NC(=O)[C@H](CCCCN)NC(=O)[C@H](CCC(N)=O)NC(=O)[C@H](CCCCN)NC(=O)[C@H](Cc1c[nH]c2ccccc12)NC(=O)[C@@H](N)CCCCN)C(=O)N[C@@H](CO)C(=O)O. The number of nitrogens with one attached hydrogen (secondary N) is 7. The lowest BCUT2D eigenvalue weighted by molar-refractivity contribution is -0.144. The molecule has 2 aromatic rings. The van der Waals surface area contributed by atoms with E-state index in [0.29, 0.717) is 50.6 Å². The standard InChI is InChI=1S/C41H68N12O11/c1-23(55)34(40(62)52-32(22-54)41(63)64)53-38(60)29(14-6-9-19-44)48-37(59)30(15-16-33(46)56)50-36(58)28(13-5-8-18-43)49-39(61)31(51-35(57)26(45)11-4-7-17-42)20-24-21-47-27-12-3-2-10-25(24)27/h2-3,10,12,21,23,26,28-32,34,47,54-55H,4-9,11,13-20,22,42-45H2,1H3,(H2,46,56)(H,48,59)(H,49,61)(H,50,58)(H,51,57)(H,52,62)(H,53,60)(H,63,64)/t23-,26+,28+,29+,30+,31+,32+,34+/m1/s1. The number of para-hydroxylation sites is 1. The molecular weight excluding hydrogens is 837 g/mol. The number of rotatable bonds is 32. The molecule has 0 saturated heterocycles. The number of carboxylic acid groups (broad SMARTS) is 1. The summed E-state index contributed by atoms with van der Waals surface area (Å²) in [7, 11) is 0. The number of nitrogens with two attached hydrogens (primary N) is 5. The average Bonchev–Trinajstić information content (AvgIpc) is 3.66. The molecule has 0 unspecified atom stereocenters. The zero-order valence-corrected chi connectivity index (χ0v) is 36.3. The molecule has 358 valence electrons. The lowest BCUT2D eigenvalue weighted by atomic mass is 10.0. The van der Waals surface area contributed by atoms with Crippen molar-refractivity contribution in [3.8, 4) is 0 Å². The fourth-order valence-corrected chi connectivity index (χ4v) is 6.65. The van der Waals surface area contributed by atoms with Gasteiger partial charge in [-0.15, -0.1) is 0 Å². The van der Waals surface area contributed by atoms with E-state index in [0.717, 1.165) is 17.8 Å². The maximum atomic E-state index is 14.2. The first kappa shape index (κ1) is 54.4. The maximum Gasteiger partial charge on any atom is 0.328 e. The number of benzene rings is 1. The summed E-state index contributed by atoms with van der Waals surface area (Å²) < 4.78 is 0. The molecule has 0 fully saturated rings. The lowest BCUT2D eigenvalue weighted by Crippen LogP contribution is -2.61. The van der Waals surface area contributed by atoms with Crippen LogP contribution in [0.1, 0.15) is 83.1 Å². The van der Waals surface area contributed by atoms with Gasteiger partial charge in [-0.3, -0.25) is 33.6 Å². The van der Waals surface area contributed by atoms with Crippen LogP contribution in [0.5, 0.6) is 0 Å². The van der Waals surface area contributed by atoms with Crippen molar-refractivity contribution in [2.75, 3.05) is 26.2 Å². The molecule has 0 radical (unpaired) electrons. The lowest BCUT2D eigenvalue weighted by Gasteiger charge is -2.28. The number of aliphatic carboxylic acids is 1. The first-order valence-electron chi connectivity index (χ1n) is 21.5. The van der Waals surface area contributed by atoms with Crippen LogP contribution < -0.4 is 60.6 Å². The van der Waals surface area contributed by atoms with Crippen LogP contribution in [0.3, 0.4) is 0 Å². The van der Waals surface area contributed by atoms with Gasteiger partial charge in [0.15, 0.2) is 0 Å². The van der Waals surface area contributed by atoms with E-state index in [1.54, 1.807) is 6.20 Å². The van der Waals surface area contributed by atoms with Crippen molar-refractivity contribution in [2.24, 2.45) is 28.7 Å². The number of aromatic nitrogens is 1. The topological polar surface area (TPSA) is 415 Å². The Kier molecular flexibility index (Phi) is 24.5. The van der Waals surface area contributed by atoms with Gasteiger partial charge in [-0.1, -0.05) is 24.6 Å². The summed E-state index contributed by atoms with van der Waals surface area (Å²) in [6, 6.07) is -2.52. The predicted molar refractivity (Wildman–Crippen MR) is 235 cm³/mol. The van der Waals surface area contributed by atoms with Crippen molar-refractivity contribution in [1.29, 1.82) is 0 Å². The second-order valence-corrected chi connectivity index (χ2v) is 15.6. The van der Waals surface area contributed by atoms with Gasteiger partial charge in [0.05, 0.1) is 18.8 Å². The van der Waals surface area contributed by atoms with Crippen LogP contribution in [0, 0.1) is 0 Å². The number of carboxylic acids is 1. The third-order valence-electron chi connectivity index (χ3n) is 10.4. The minimum absolute atomic E-state index is 0.00461. The second-order valence-electron chi connectivity index (χ2n) is 15.6. The Hall–Kier alpha value is -5.72. The van der Waals surface area contributed by atoms with E-state index in [2.05, 4.69) is 31.6 Å². The molecule has 7 amide bonds. The number of aromatic amines is 1. The molecule has 2 rings (SSSR count). The van der Waals surface area contributed by atoms with E-state index in [1.165, 1.54) is 0 Å². The highest BCUT2D eigenvalue weighted by molar-refractivity contribution is 5.97. The van der Waals surface area contributed by atoms with E-state index in [-0.39, 0.29) is 45.2 Å². The summed E-state index contributed by atoms with van der Waals surface area (Å²) in [6.07, 6.45) is 2.44. The first-order chi connectivity index (χ1) is 30.5. The Labute approximate surface area is 371 Å². The summed E-state index contributed by atoms with van der Waals surface area (Å²) in [5, 5.41) is 44.6. The molecule has 0 saturated carbocycles. The van der Waals surface area contributed by atoms with Crippen molar-refractivity contribution < 1.29 is 53.7 Å². The quantitative estimate of drug-likeness (QED) is 0.0312. The molecule has 64 heavy (non-hydrogen) atoms. The normalized spacial score (nSPS) is 15.0. The molecule has 1 aromatic heterocycles. The van der Waals surface area contributed by atoms with Crippen molar-refractivity contribution in [1.82, 2.24) is 36.9 Å². The largest absolute Gasteiger partial charge is 0.480 e. The fourth-order valence-electron chi connectivity index (χ4n) is 6.65. The second kappa shape index (κ2) is 28.9. The van der Waals surface area contributed by atoms with Crippen molar-refractivity contribution >= 4 is 58.2 Å². The molecule has 1 heterocycles. The van der Waals surface area contributed by atoms with Gasteiger partial charge < -0.3 is 80.9 Å². The molecule has 0 aliphatic rings. The van der Waals surface area contributed by atoms with Crippen LogP contribution in [-0.2, 0) is 44.8 Å². The van der Waals surface area contributed by atoms with Gasteiger partial charge in [0.2, 0.25) is 41.4 Å². The van der Waals surface area contributed by atoms with E-state index >= 15 is 0 Å². The fraction of sp³-hybridized carbons (Fsp3) is 0.610. The highest BCUT2D eigenvalue weighted by Gasteiger charge is 2.35. The zero-order valence-electron chi connectivity index (χ0n) is 36.3. The molecule has 0 aliphatic heterocycles.